The maximum atomic E-state index is 11.2. The Morgan fingerprint density at radius 2 is 1.95 bits per heavy atom. The highest BCUT2D eigenvalue weighted by Crippen LogP contribution is 2.13. The van der Waals surface area contributed by atoms with Crippen molar-refractivity contribution in [1.82, 2.24) is 5.32 Å². The number of carbonyl (C=O) groups is 1. The van der Waals surface area contributed by atoms with Crippen molar-refractivity contribution < 1.29 is 9.53 Å². The molecule has 0 aromatic heterocycles. The zero-order valence-corrected chi connectivity index (χ0v) is 13.0. The highest BCUT2D eigenvalue weighted by molar-refractivity contribution is 5.85. The van der Waals surface area contributed by atoms with Gasteiger partial charge in [0.25, 0.3) is 0 Å². The predicted octanol–water partition coefficient (Wildman–Crippen LogP) is 2.15. The summed E-state index contributed by atoms with van der Waals surface area (Å²) in [6.45, 7) is 6.02. The number of ether oxygens (including phenoxy) is 1. The van der Waals surface area contributed by atoms with Gasteiger partial charge in [0.15, 0.2) is 0 Å². The molecule has 0 aliphatic heterocycles. The van der Waals surface area contributed by atoms with Gasteiger partial charge >= 0.3 is 0 Å². The maximum Gasteiger partial charge on any atom is 0.221 e. The summed E-state index contributed by atoms with van der Waals surface area (Å²) in [7, 11) is 0. The van der Waals surface area contributed by atoms with Crippen molar-refractivity contribution in [2.24, 2.45) is 11.7 Å². The van der Waals surface area contributed by atoms with Crippen LogP contribution in [0.4, 0.5) is 0 Å². The van der Waals surface area contributed by atoms with Gasteiger partial charge in [0.05, 0.1) is 6.61 Å². The van der Waals surface area contributed by atoms with Gasteiger partial charge in [-0.15, -0.1) is 12.4 Å². The molecule has 0 heterocycles. The Morgan fingerprint density at radius 1 is 1.30 bits per heavy atom. The van der Waals surface area contributed by atoms with E-state index in [9.17, 15) is 4.79 Å². The number of nitrogens with two attached hydrogens (primary N) is 1. The van der Waals surface area contributed by atoms with Gasteiger partial charge in [0.1, 0.15) is 5.75 Å². The van der Waals surface area contributed by atoms with Crippen LogP contribution in [0.1, 0.15) is 25.8 Å². The van der Waals surface area contributed by atoms with E-state index in [1.807, 2.05) is 24.3 Å². The minimum atomic E-state index is 0. The van der Waals surface area contributed by atoms with Crippen LogP contribution in [0.5, 0.6) is 5.75 Å². The Kier molecular flexibility index (Phi) is 9.86. The smallest absolute Gasteiger partial charge is 0.221 e. The van der Waals surface area contributed by atoms with E-state index < -0.39 is 0 Å². The Bertz CT molecular complexity index is 380. The van der Waals surface area contributed by atoms with Crippen LogP contribution in [0.2, 0.25) is 0 Å². The summed E-state index contributed by atoms with van der Waals surface area (Å²) in [4.78, 5) is 11.2. The molecule has 3 N–H and O–H groups in total. The van der Waals surface area contributed by atoms with Gasteiger partial charge < -0.3 is 15.8 Å². The number of benzene rings is 1. The zero-order chi connectivity index (χ0) is 14.1. The fraction of sp³-hybridized carbons (Fsp3) is 0.533. The fourth-order valence-corrected chi connectivity index (χ4v) is 1.58. The number of rotatable bonds is 8. The summed E-state index contributed by atoms with van der Waals surface area (Å²) >= 11 is 0. The number of nitrogens with one attached hydrogen (secondary N) is 1. The van der Waals surface area contributed by atoms with Crippen molar-refractivity contribution in [3.8, 4) is 5.75 Å². The summed E-state index contributed by atoms with van der Waals surface area (Å²) < 4.78 is 5.61. The van der Waals surface area contributed by atoms with Gasteiger partial charge in [-0.05, 0) is 30.0 Å². The number of carbonyl (C=O) groups excluding carboxylic acids is 1. The lowest BCUT2D eigenvalue weighted by atomic mass is 10.1. The SMILES string of the molecule is CC(C)COc1ccc(CCNC(=O)CCN)cc1.Cl. The number of halogens is 1. The second-order valence-electron chi connectivity index (χ2n) is 4.99. The van der Waals surface area contributed by atoms with Crippen LogP contribution in [-0.2, 0) is 11.2 Å². The van der Waals surface area contributed by atoms with Crippen molar-refractivity contribution in [1.29, 1.82) is 0 Å². The highest BCUT2D eigenvalue weighted by atomic mass is 35.5. The number of hydrogen-bond acceptors (Lipinski definition) is 3. The molecule has 0 saturated heterocycles. The van der Waals surface area contributed by atoms with Crippen molar-refractivity contribution in [2.75, 3.05) is 19.7 Å². The van der Waals surface area contributed by atoms with Crippen molar-refractivity contribution in [3.63, 3.8) is 0 Å². The van der Waals surface area contributed by atoms with E-state index in [0.29, 0.717) is 25.4 Å². The largest absolute Gasteiger partial charge is 0.493 e. The molecule has 0 spiro atoms. The molecule has 5 heteroatoms. The summed E-state index contributed by atoms with van der Waals surface area (Å²) in [5.74, 6) is 1.43. The molecule has 1 aromatic rings. The monoisotopic (exact) mass is 300 g/mol. The molecule has 0 aliphatic carbocycles. The first-order valence-electron chi connectivity index (χ1n) is 6.80. The summed E-state index contributed by atoms with van der Waals surface area (Å²) in [5.41, 5.74) is 6.49. The normalized spacial score (nSPS) is 10.0. The lowest BCUT2D eigenvalue weighted by Crippen LogP contribution is -2.27. The standard InChI is InChI=1S/C15H24N2O2.ClH/c1-12(2)11-19-14-5-3-13(4-6-14)8-10-17-15(18)7-9-16;/h3-6,12H,7-11,16H2,1-2H3,(H,17,18);1H. The van der Waals surface area contributed by atoms with Gasteiger partial charge in [0, 0.05) is 19.5 Å². The van der Waals surface area contributed by atoms with Gasteiger partial charge in [-0.2, -0.15) is 0 Å². The van der Waals surface area contributed by atoms with Gasteiger partial charge in [-0.3, -0.25) is 4.79 Å². The third kappa shape index (κ3) is 8.02. The second kappa shape index (κ2) is 10.5. The van der Waals surface area contributed by atoms with Gasteiger partial charge in [0.2, 0.25) is 5.91 Å². The van der Waals surface area contributed by atoms with E-state index in [1.165, 1.54) is 5.56 Å². The third-order valence-electron chi connectivity index (χ3n) is 2.61. The molecule has 4 nitrogen and oxygen atoms in total. The Balaban J connectivity index is 0.00000361. The van der Waals surface area contributed by atoms with Gasteiger partial charge in [-0.1, -0.05) is 26.0 Å². The predicted molar refractivity (Wildman–Crippen MR) is 84.4 cm³/mol. The average molecular weight is 301 g/mol. The number of hydrogen-bond donors (Lipinski definition) is 2. The molecule has 0 aliphatic rings. The van der Waals surface area contributed by atoms with E-state index in [2.05, 4.69) is 19.2 Å². The van der Waals surface area contributed by atoms with E-state index in [1.54, 1.807) is 0 Å². The van der Waals surface area contributed by atoms with Gasteiger partial charge in [-0.25, -0.2) is 0 Å². The molecule has 0 bridgehead atoms. The minimum Gasteiger partial charge on any atom is -0.493 e. The fourth-order valence-electron chi connectivity index (χ4n) is 1.58. The van der Waals surface area contributed by atoms with E-state index in [4.69, 9.17) is 10.5 Å². The molecule has 1 aromatic carbocycles. The minimum absolute atomic E-state index is 0. The van der Waals surface area contributed by atoms with Crippen LogP contribution in [0.15, 0.2) is 24.3 Å². The second-order valence-corrected chi connectivity index (χ2v) is 4.99. The first-order valence-corrected chi connectivity index (χ1v) is 6.80. The van der Waals surface area contributed by atoms with E-state index in [0.717, 1.165) is 18.8 Å². The molecule has 1 amide bonds. The van der Waals surface area contributed by atoms with E-state index >= 15 is 0 Å². The quantitative estimate of drug-likeness (QED) is 0.773. The molecule has 114 valence electrons. The summed E-state index contributed by atoms with van der Waals surface area (Å²) in [6, 6.07) is 8.01. The van der Waals surface area contributed by atoms with Crippen molar-refractivity contribution in [2.45, 2.75) is 26.7 Å². The first-order chi connectivity index (χ1) is 9.11. The molecular weight excluding hydrogens is 276 g/mol. The Labute approximate surface area is 127 Å². The lowest BCUT2D eigenvalue weighted by Gasteiger charge is -2.09. The van der Waals surface area contributed by atoms with Crippen LogP contribution in [-0.4, -0.2) is 25.6 Å². The Morgan fingerprint density at radius 3 is 2.50 bits per heavy atom. The molecule has 0 atom stereocenters. The van der Waals surface area contributed by atoms with E-state index in [-0.39, 0.29) is 18.3 Å². The zero-order valence-electron chi connectivity index (χ0n) is 12.2. The molecular formula is C15H25ClN2O2. The van der Waals surface area contributed by atoms with Crippen LogP contribution < -0.4 is 15.8 Å². The third-order valence-corrected chi connectivity index (χ3v) is 2.61. The molecule has 20 heavy (non-hydrogen) atoms. The maximum absolute atomic E-state index is 11.2. The highest BCUT2D eigenvalue weighted by Gasteiger charge is 2.00. The average Bonchev–Trinajstić information content (AvgIpc) is 2.38. The van der Waals surface area contributed by atoms with Crippen LogP contribution in [0, 0.1) is 5.92 Å². The van der Waals surface area contributed by atoms with Crippen molar-refractivity contribution >= 4 is 18.3 Å². The molecule has 0 unspecified atom stereocenters. The molecule has 0 fully saturated rings. The van der Waals surface area contributed by atoms with Crippen LogP contribution in [0.3, 0.4) is 0 Å². The number of amides is 1. The lowest BCUT2D eigenvalue weighted by molar-refractivity contribution is -0.120. The van der Waals surface area contributed by atoms with Crippen LogP contribution in [0.25, 0.3) is 0 Å². The Hall–Kier alpha value is -1.26. The topological polar surface area (TPSA) is 64.3 Å². The molecule has 0 radical (unpaired) electrons. The molecule has 0 saturated carbocycles. The summed E-state index contributed by atoms with van der Waals surface area (Å²) in [5, 5.41) is 2.84. The molecule has 1 rings (SSSR count). The first kappa shape index (κ1) is 18.7. The summed E-state index contributed by atoms with van der Waals surface area (Å²) in [6.07, 6.45) is 1.21. The van der Waals surface area contributed by atoms with Crippen molar-refractivity contribution in [3.05, 3.63) is 29.8 Å². The van der Waals surface area contributed by atoms with Crippen LogP contribution >= 0.6 is 12.4 Å².